The second-order valence-electron chi connectivity index (χ2n) is 2.26. The van der Waals surface area contributed by atoms with E-state index in [1.165, 1.54) is 0 Å². The van der Waals surface area contributed by atoms with Gasteiger partial charge in [0.2, 0.25) is 11.9 Å². The van der Waals surface area contributed by atoms with Crippen LogP contribution in [0.1, 0.15) is 12.2 Å². The zero-order chi connectivity index (χ0) is 8.97. The molecule has 0 amide bonds. The smallest absolute Gasteiger partial charge is 0.225 e. The molecule has 1 aromatic rings. The molecule has 0 aliphatic rings. The molecular formula is C6H10ClN5. The van der Waals surface area contributed by atoms with E-state index in [9.17, 15) is 0 Å². The number of hydrogen-bond acceptors (Lipinski definition) is 5. The van der Waals surface area contributed by atoms with Crippen molar-refractivity contribution >= 4 is 23.5 Å². The molecule has 0 aliphatic carbocycles. The first-order valence-corrected chi connectivity index (χ1v) is 4.07. The highest BCUT2D eigenvalue weighted by Crippen LogP contribution is 2.01. The Balaban J connectivity index is 2.72. The summed E-state index contributed by atoms with van der Waals surface area (Å²) in [6.07, 6.45) is 1.49. The number of anilines is 2. The minimum Gasteiger partial charge on any atom is -0.368 e. The van der Waals surface area contributed by atoms with Crippen molar-refractivity contribution in [3.8, 4) is 0 Å². The van der Waals surface area contributed by atoms with E-state index in [1.54, 1.807) is 0 Å². The van der Waals surface area contributed by atoms with Gasteiger partial charge in [0.1, 0.15) is 5.82 Å². The van der Waals surface area contributed by atoms with Crippen LogP contribution in [-0.4, -0.2) is 20.8 Å². The quantitative estimate of drug-likeness (QED) is 0.660. The molecule has 1 rings (SSSR count). The van der Waals surface area contributed by atoms with Crippen molar-refractivity contribution in [2.45, 2.75) is 12.8 Å². The lowest BCUT2D eigenvalue weighted by molar-refractivity contribution is 0.830. The number of aromatic nitrogens is 3. The van der Waals surface area contributed by atoms with Crippen LogP contribution in [0.2, 0.25) is 0 Å². The lowest BCUT2D eigenvalue weighted by atomic mass is 10.3. The van der Waals surface area contributed by atoms with Crippen LogP contribution in [0, 0.1) is 0 Å². The molecule has 66 valence electrons. The molecule has 0 bridgehead atoms. The van der Waals surface area contributed by atoms with Crippen LogP contribution in [0.25, 0.3) is 0 Å². The third-order valence-electron chi connectivity index (χ3n) is 1.25. The molecule has 0 unspecified atom stereocenters. The maximum absolute atomic E-state index is 5.50. The fourth-order valence-electron chi connectivity index (χ4n) is 0.794. The highest BCUT2D eigenvalue weighted by molar-refractivity contribution is 6.17. The van der Waals surface area contributed by atoms with Crippen molar-refractivity contribution in [1.82, 2.24) is 15.0 Å². The van der Waals surface area contributed by atoms with Crippen LogP contribution in [0.3, 0.4) is 0 Å². The van der Waals surface area contributed by atoms with Gasteiger partial charge >= 0.3 is 0 Å². The first kappa shape index (κ1) is 8.99. The number of nitrogen functional groups attached to an aromatic ring is 2. The van der Waals surface area contributed by atoms with Crippen molar-refractivity contribution < 1.29 is 0 Å². The monoisotopic (exact) mass is 187 g/mol. The SMILES string of the molecule is Nc1nc(N)nc(CCCCl)n1. The van der Waals surface area contributed by atoms with Gasteiger partial charge in [0, 0.05) is 12.3 Å². The maximum atomic E-state index is 5.50. The van der Waals surface area contributed by atoms with Crippen LogP contribution in [0.4, 0.5) is 11.9 Å². The molecule has 0 atom stereocenters. The molecule has 0 saturated heterocycles. The van der Waals surface area contributed by atoms with Gasteiger partial charge in [0.25, 0.3) is 0 Å². The van der Waals surface area contributed by atoms with Gasteiger partial charge in [0.15, 0.2) is 0 Å². The van der Waals surface area contributed by atoms with Gasteiger partial charge in [0.05, 0.1) is 0 Å². The molecule has 6 heteroatoms. The highest BCUT2D eigenvalue weighted by Gasteiger charge is 2.00. The fraction of sp³-hybridized carbons (Fsp3) is 0.500. The minimum atomic E-state index is 0.159. The summed E-state index contributed by atoms with van der Waals surface area (Å²) >= 11 is 5.50. The van der Waals surface area contributed by atoms with E-state index in [0.29, 0.717) is 18.1 Å². The van der Waals surface area contributed by atoms with Gasteiger partial charge in [-0.2, -0.15) is 15.0 Å². The number of hydrogen-bond donors (Lipinski definition) is 2. The van der Waals surface area contributed by atoms with Crippen LogP contribution in [0.5, 0.6) is 0 Å². The third kappa shape index (κ3) is 2.50. The lowest BCUT2D eigenvalue weighted by Gasteiger charge is -1.99. The van der Waals surface area contributed by atoms with E-state index >= 15 is 0 Å². The molecule has 1 heterocycles. The average molecular weight is 188 g/mol. The summed E-state index contributed by atoms with van der Waals surface area (Å²) in [5, 5.41) is 0. The van der Waals surface area contributed by atoms with E-state index in [2.05, 4.69) is 15.0 Å². The van der Waals surface area contributed by atoms with Gasteiger partial charge in [-0.15, -0.1) is 11.6 Å². The summed E-state index contributed by atoms with van der Waals surface area (Å²) in [7, 11) is 0. The van der Waals surface area contributed by atoms with Gasteiger partial charge in [-0.3, -0.25) is 0 Å². The number of aryl methyl sites for hydroxylation is 1. The maximum Gasteiger partial charge on any atom is 0.225 e. The summed E-state index contributed by atoms with van der Waals surface area (Å²) in [6, 6.07) is 0. The van der Waals surface area contributed by atoms with Crippen molar-refractivity contribution in [3.63, 3.8) is 0 Å². The van der Waals surface area contributed by atoms with Crippen LogP contribution < -0.4 is 11.5 Å². The van der Waals surface area contributed by atoms with Crippen LogP contribution in [0.15, 0.2) is 0 Å². The van der Waals surface area contributed by atoms with E-state index in [1.807, 2.05) is 0 Å². The van der Waals surface area contributed by atoms with Gasteiger partial charge in [-0.05, 0) is 6.42 Å². The van der Waals surface area contributed by atoms with Gasteiger partial charge in [-0.1, -0.05) is 0 Å². The molecular weight excluding hydrogens is 178 g/mol. The lowest BCUT2D eigenvalue weighted by Crippen LogP contribution is -2.06. The first-order valence-electron chi connectivity index (χ1n) is 3.54. The molecule has 0 spiro atoms. The molecule has 0 aromatic carbocycles. The predicted molar refractivity (Wildman–Crippen MR) is 47.7 cm³/mol. The summed E-state index contributed by atoms with van der Waals surface area (Å²) in [4.78, 5) is 11.4. The molecule has 12 heavy (non-hydrogen) atoms. The normalized spacial score (nSPS) is 10.1. The Bertz CT molecular complexity index is 244. The number of nitrogens with zero attached hydrogens (tertiary/aromatic N) is 3. The summed E-state index contributed by atoms with van der Waals surface area (Å²) in [6.45, 7) is 0. The molecule has 0 saturated carbocycles. The summed E-state index contributed by atoms with van der Waals surface area (Å²) in [5.74, 6) is 1.49. The second-order valence-corrected chi connectivity index (χ2v) is 2.64. The predicted octanol–water partition coefficient (Wildman–Crippen LogP) is 0.207. The van der Waals surface area contributed by atoms with Gasteiger partial charge in [-0.25, -0.2) is 0 Å². The number of halogens is 1. The summed E-state index contributed by atoms with van der Waals surface area (Å²) in [5.41, 5.74) is 10.7. The highest BCUT2D eigenvalue weighted by atomic mass is 35.5. The molecule has 0 aliphatic heterocycles. The minimum absolute atomic E-state index is 0.159. The third-order valence-corrected chi connectivity index (χ3v) is 1.52. The second kappa shape index (κ2) is 4.06. The van der Waals surface area contributed by atoms with Crippen molar-refractivity contribution in [3.05, 3.63) is 5.82 Å². The Morgan fingerprint density at radius 1 is 1.08 bits per heavy atom. The van der Waals surface area contributed by atoms with Gasteiger partial charge < -0.3 is 11.5 Å². The Morgan fingerprint density at radius 3 is 2.17 bits per heavy atom. The zero-order valence-electron chi connectivity index (χ0n) is 6.50. The summed E-state index contributed by atoms with van der Waals surface area (Å²) < 4.78 is 0. The van der Waals surface area contributed by atoms with Crippen LogP contribution in [-0.2, 0) is 6.42 Å². The number of alkyl halides is 1. The zero-order valence-corrected chi connectivity index (χ0v) is 7.25. The van der Waals surface area contributed by atoms with Crippen molar-refractivity contribution in [1.29, 1.82) is 0 Å². The fourth-order valence-corrected chi connectivity index (χ4v) is 0.927. The average Bonchev–Trinajstić information content (AvgIpc) is 1.99. The number of nitrogens with two attached hydrogens (primary N) is 2. The standard InChI is InChI=1S/C6H10ClN5/c7-3-1-2-4-10-5(8)12-6(9)11-4/h1-3H2,(H4,8,9,10,11,12). The molecule has 5 nitrogen and oxygen atoms in total. The molecule has 4 N–H and O–H groups in total. The van der Waals surface area contributed by atoms with E-state index in [0.717, 1.165) is 6.42 Å². The molecule has 0 radical (unpaired) electrons. The van der Waals surface area contributed by atoms with E-state index in [4.69, 9.17) is 23.1 Å². The Hall–Kier alpha value is -1.10. The Labute approximate surface area is 75.2 Å². The topological polar surface area (TPSA) is 90.7 Å². The molecule has 0 fully saturated rings. The number of rotatable bonds is 3. The van der Waals surface area contributed by atoms with Crippen LogP contribution >= 0.6 is 11.6 Å². The Morgan fingerprint density at radius 2 is 1.67 bits per heavy atom. The largest absolute Gasteiger partial charge is 0.368 e. The first-order chi connectivity index (χ1) is 5.72. The van der Waals surface area contributed by atoms with Crippen molar-refractivity contribution in [2.24, 2.45) is 0 Å². The van der Waals surface area contributed by atoms with E-state index < -0.39 is 0 Å². The van der Waals surface area contributed by atoms with E-state index in [-0.39, 0.29) is 11.9 Å². The Kier molecular flexibility index (Phi) is 3.04. The molecule has 1 aromatic heterocycles. The van der Waals surface area contributed by atoms with Crippen molar-refractivity contribution in [2.75, 3.05) is 17.3 Å².